The number of hydrogen-bond acceptors (Lipinski definition) is 10. The van der Waals surface area contributed by atoms with Crippen LogP contribution in [0.1, 0.15) is 11.1 Å². The Morgan fingerprint density at radius 2 is 2.03 bits per heavy atom. The molecule has 1 N–H and O–H groups in total. The minimum absolute atomic E-state index is 0.0404. The van der Waals surface area contributed by atoms with Crippen LogP contribution in [0.3, 0.4) is 0 Å². The summed E-state index contributed by atoms with van der Waals surface area (Å²) in [6.45, 7) is 0.248. The molecule has 32 heavy (non-hydrogen) atoms. The van der Waals surface area contributed by atoms with E-state index in [9.17, 15) is 14.5 Å². The molecule has 2 heterocycles. The molecule has 0 amide bonds. The smallest absolute Gasteiger partial charge is 0.373 e. The maximum atomic E-state index is 13.8. The molecule has 0 spiro atoms. The van der Waals surface area contributed by atoms with E-state index in [0.29, 0.717) is 0 Å². The maximum Gasteiger partial charge on any atom is 0.373 e. The lowest BCUT2D eigenvalue weighted by Gasteiger charge is -2.10. The highest BCUT2D eigenvalue weighted by Gasteiger charge is 2.25. The molecule has 2 aromatic heterocycles. The molecular formula is C20H12FN7O3S. The van der Waals surface area contributed by atoms with E-state index in [-0.39, 0.29) is 29.6 Å². The van der Waals surface area contributed by atoms with Crippen molar-refractivity contribution in [1.29, 1.82) is 5.26 Å². The number of hydrogen-bond donors (Lipinski definition) is 1. The van der Waals surface area contributed by atoms with Gasteiger partial charge in [-0.05, 0) is 29.2 Å². The third kappa shape index (κ3) is 4.47. The van der Waals surface area contributed by atoms with Crippen LogP contribution in [0.2, 0.25) is 0 Å². The number of nitrogens with one attached hydrogen (secondary N) is 1. The fourth-order valence-corrected chi connectivity index (χ4v) is 3.23. The van der Waals surface area contributed by atoms with Gasteiger partial charge in [0.2, 0.25) is 5.82 Å². The molecule has 12 heteroatoms. The number of ether oxygens (including phenoxy) is 1. The fourth-order valence-electron chi connectivity index (χ4n) is 2.76. The van der Waals surface area contributed by atoms with Crippen molar-refractivity contribution in [2.75, 3.05) is 5.32 Å². The molecule has 2 aromatic carbocycles. The molecule has 4 aromatic rings. The van der Waals surface area contributed by atoms with Gasteiger partial charge >= 0.3 is 11.6 Å². The number of benzene rings is 2. The number of halogens is 1. The van der Waals surface area contributed by atoms with Gasteiger partial charge in [-0.3, -0.25) is 10.1 Å². The average Bonchev–Trinajstić information content (AvgIpc) is 3.33. The SMILES string of the molecule is N#Cc1ccc(Oc2ncnc(NCc3ccc(-c4csnn4)cc3)c2[N+](=O)[O-])cc1F. The summed E-state index contributed by atoms with van der Waals surface area (Å²) in [5.41, 5.74) is 1.85. The zero-order valence-corrected chi connectivity index (χ0v) is 16.9. The van der Waals surface area contributed by atoms with Gasteiger partial charge < -0.3 is 10.1 Å². The summed E-state index contributed by atoms with van der Waals surface area (Å²) >= 11 is 1.26. The second-order valence-corrected chi connectivity index (χ2v) is 6.94. The number of nitrogens with zero attached hydrogens (tertiary/aromatic N) is 6. The van der Waals surface area contributed by atoms with E-state index in [1.807, 2.05) is 29.6 Å². The lowest BCUT2D eigenvalue weighted by molar-refractivity contribution is -0.385. The Morgan fingerprint density at radius 3 is 2.69 bits per heavy atom. The van der Waals surface area contributed by atoms with Crippen molar-refractivity contribution in [3.8, 4) is 29.0 Å². The molecule has 0 aliphatic heterocycles. The number of anilines is 1. The molecule has 4 rings (SSSR count). The Labute approximate surface area is 184 Å². The zero-order valence-electron chi connectivity index (χ0n) is 16.1. The summed E-state index contributed by atoms with van der Waals surface area (Å²) in [6, 6.07) is 12.6. The van der Waals surface area contributed by atoms with Crippen LogP contribution in [0, 0.1) is 27.3 Å². The standard InChI is InChI=1S/C20H12FN7O3S/c21-16-7-15(6-5-14(16)8-22)31-20-18(28(29)30)19(24-11-25-20)23-9-12-1-3-13(4-2-12)17-10-32-27-26-17/h1-7,10-11H,9H2,(H,23,24,25). The Bertz CT molecular complexity index is 1310. The van der Waals surface area contributed by atoms with Crippen LogP contribution in [0.5, 0.6) is 11.6 Å². The predicted molar refractivity (Wildman–Crippen MR) is 113 cm³/mol. The highest BCUT2D eigenvalue weighted by molar-refractivity contribution is 7.03. The van der Waals surface area contributed by atoms with Gasteiger partial charge in [-0.1, -0.05) is 28.8 Å². The first-order valence-corrected chi connectivity index (χ1v) is 9.86. The van der Waals surface area contributed by atoms with Gasteiger partial charge in [-0.2, -0.15) is 10.2 Å². The first-order valence-electron chi connectivity index (χ1n) is 9.02. The van der Waals surface area contributed by atoms with Gasteiger partial charge in [0, 0.05) is 23.6 Å². The highest BCUT2D eigenvalue weighted by Crippen LogP contribution is 2.34. The topological polar surface area (TPSA) is 140 Å². The summed E-state index contributed by atoms with van der Waals surface area (Å²) in [4.78, 5) is 18.7. The van der Waals surface area contributed by atoms with Gasteiger partial charge in [-0.25, -0.2) is 9.37 Å². The predicted octanol–water partition coefficient (Wildman–Crippen LogP) is 4.32. The quantitative estimate of drug-likeness (QED) is 0.323. The van der Waals surface area contributed by atoms with Crippen molar-refractivity contribution in [2.45, 2.75) is 6.54 Å². The molecule has 0 saturated heterocycles. The summed E-state index contributed by atoms with van der Waals surface area (Å²) in [5, 5.41) is 29.2. The summed E-state index contributed by atoms with van der Waals surface area (Å²) < 4.78 is 23.1. The first kappa shape index (κ1) is 20.8. The van der Waals surface area contributed by atoms with Crippen molar-refractivity contribution in [3.63, 3.8) is 0 Å². The molecule has 0 aliphatic carbocycles. The van der Waals surface area contributed by atoms with Gasteiger partial charge in [0.15, 0.2) is 0 Å². The first-order chi connectivity index (χ1) is 15.5. The molecule has 10 nitrogen and oxygen atoms in total. The van der Waals surface area contributed by atoms with E-state index in [1.54, 1.807) is 6.07 Å². The third-order valence-corrected chi connectivity index (χ3v) is 4.82. The van der Waals surface area contributed by atoms with Crippen molar-refractivity contribution in [1.82, 2.24) is 19.6 Å². The third-order valence-electron chi connectivity index (χ3n) is 4.32. The van der Waals surface area contributed by atoms with Crippen molar-refractivity contribution < 1.29 is 14.1 Å². The summed E-state index contributed by atoms with van der Waals surface area (Å²) in [6.07, 6.45) is 1.10. The molecule has 158 valence electrons. The monoisotopic (exact) mass is 449 g/mol. The minimum Gasteiger partial charge on any atom is -0.433 e. The molecule has 0 saturated carbocycles. The molecule has 0 fully saturated rings. The molecule has 0 radical (unpaired) electrons. The van der Waals surface area contributed by atoms with Crippen molar-refractivity contribution in [2.24, 2.45) is 0 Å². The molecular weight excluding hydrogens is 437 g/mol. The molecule has 0 bridgehead atoms. The van der Waals surface area contributed by atoms with Crippen LogP contribution in [-0.4, -0.2) is 24.5 Å². The number of rotatable bonds is 7. The molecule has 0 atom stereocenters. The van der Waals surface area contributed by atoms with E-state index >= 15 is 0 Å². The highest BCUT2D eigenvalue weighted by atomic mass is 32.1. The largest absolute Gasteiger partial charge is 0.433 e. The van der Waals surface area contributed by atoms with E-state index in [4.69, 9.17) is 10.00 Å². The van der Waals surface area contributed by atoms with E-state index in [1.165, 1.54) is 23.7 Å². The van der Waals surface area contributed by atoms with Crippen LogP contribution in [-0.2, 0) is 6.54 Å². The number of nitro groups is 1. The van der Waals surface area contributed by atoms with Gasteiger partial charge in [0.1, 0.15) is 29.7 Å². The van der Waals surface area contributed by atoms with Crippen LogP contribution < -0.4 is 10.1 Å². The van der Waals surface area contributed by atoms with E-state index < -0.39 is 16.4 Å². The van der Waals surface area contributed by atoms with E-state index in [2.05, 4.69) is 24.9 Å². The second-order valence-electron chi connectivity index (χ2n) is 6.33. The van der Waals surface area contributed by atoms with Gasteiger partial charge in [0.25, 0.3) is 0 Å². The van der Waals surface area contributed by atoms with Gasteiger partial charge in [-0.15, -0.1) is 5.10 Å². The number of aromatic nitrogens is 4. The van der Waals surface area contributed by atoms with Crippen LogP contribution in [0.25, 0.3) is 11.3 Å². The van der Waals surface area contributed by atoms with Crippen molar-refractivity contribution in [3.05, 3.63) is 81.2 Å². The fraction of sp³-hybridized carbons (Fsp3) is 0.0500. The Hall–Kier alpha value is -4.50. The maximum absolute atomic E-state index is 13.8. The van der Waals surface area contributed by atoms with Gasteiger partial charge in [0.05, 0.1) is 10.5 Å². The Morgan fingerprint density at radius 1 is 1.22 bits per heavy atom. The zero-order chi connectivity index (χ0) is 22.5. The Balaban J connectivity index is 1.53. The van der Waals surface area contributed by atoms with E-state index in [0.717, 1.165) is 29.2 Å². The minimum atomic E-state index is -0.808. The van der Waals surface area contributed by atoms with Crippen LogP contribution in [0.4, 0.5) is 15.9 Å². The van der Waals surface area contributed by atoms with Crippen LogP contribution >= 0.6 is 11.5 Å². The molecule has 0 unspecified atom stereocenters. The summed E-state index contributed by atoms with van der Waals surface area (Å²) in [5.74, 6) is -1.26. The summed E-state index contributed by atoms with van der Waals surface area (Å²) in [7, 11) is 0. The number of nitriles is 1. The van der Waals surface area contributed by atoms with Crippen molar-refractivity contribution >= 4 is 23.0 Å². The second kappa shape index (κ2) is 9.11. The lowest BCUT2D eigenvalue weighted by Crippen LogP contribution is -2.07. The molecule has 0 aliphatic rings. The lowest BCUT2D eigenvalue weighted by atomic mass is 10.1. The Kier molecular flexibility index (Phi) is 5.91. The van der Waals surface area contributed by atoms with Crippen LogP contribution in [0.15, 0.2) is 54.2 Å². The average molecular weight is 449 g/mol. The normalized spacial score (nSPS) is 10.4.